The van der Waals surface area contributed by atoms with E-state index >= 15 is 0 Å². The van der Waals surface area contributed by atoms with E-state index in [0.717, 1.165) is 39.0 Å². The van der Waals surface area contributed by atoms with Crippen LogP contribution in [0.25, 0.3) is 0 Å². The van der Waals surface area contributed by atoms with Crippen molar-refractivity contribution in [1.82, 2.24) is 10.2 Å². The Hall–Kier alpha value is -0.610. The topological polar surface area (TPSA) is 41.6 Å². The third-order valence-electron chi connectivity index (χ3n) is 5.62. The molecule has 4 heteroatoms. The Morgan fingerprint density at radius 2 is 2.00 bits per heavy atom. The van der Waals surface area contributed by atoms with Gasteiger partial charge in [-0.2, -0.15) is 0 Å². The molecule has 1 aliphatic heterocycles. The van der Waals surface area contributed by atoms with Crippen molar-refractivity contribution >= 4 is 5.91 Å². The van der Waals surface area contributed by atoms with Crippen molar-refractivity contribution < 1.29 is 9.53 Å². The van der Waals surface area contributed by atoms with E-state index in [1.807, 2.05) is 7.05 Å². The summed E-state index contributed by atoms with van der Waals surface area (Å²) in [6, 6.07) is 0.524. The summed E-state index contributed by atoms with van der Waals surface area (Å²) in [5.41, 5.74) is 0.0641. The molecule has 4 nitrogen and oxygen atoms in total. The molecular formula is C17H30N2O2. The van der Waals surface area contributed by atoms with E-state index in [1.165, 1.54) is 32.1 Å². The van der Waals surface area contributed by atoms with Crippen LogP contribution in [-0.2, 0) is 9.53 Å². The third kappa shape index (κ3) is 3.78. The lowest BCUT2D eigenvalue weighted by Crippen LogP contribution is -2.50. The first kappa shape index (κ1) is 15.3. The van der Waals surface area contributed by atoms with Gasteiger partial charge in [0.05, 0.1) is 6.61 Å². The molecule has 0 radical (unpaired) electrons. The molecule has 1 unspecified atom stereocenters. The Bertz CT molecular complexity index is 356. The van der Waals surface area contributed by atoms with Crippen molar-refractivity contribution in [3.63, 3.8) is 0 Å². The molecule has 3 rings (SSSR count). The lowest BCUT2D eigenvalue weighted by atomic mass is 9.79. The van der Waals surface area contributed by atoms with E-state index in [2.05, 4.69) is 10.2 Å². The molecule has 2 saturated carbocycles. The van der Waals surface area contributed by atoms with E-state index < -0.39 is 0 Å². The molecule has 1 heterocycles. The largest absolute Gasteiger partial charge is 0.381 e. The van der Waals surface area contributed by atoms with Crippen LogP contribution in [0, 0.1) is 5.92 Å². The van der Waals surface area contributed by atoms with Crippen molar-refractivity contribution in [3.8, 4) is 0 Å². The van der Waals surface area contributed by atoms with Crippen LogP contribution >= 0.6 is 0 Å². The zero-order chi connectivity index (χ0) is 14.7. The third-order valence-corrected chi connectivity index (χ3v) is 5.62. The van der Waals surface area contributed by atoms with Gasteiger partial charge in [0.15, 0.2) is 0 Å². The molecule has 0 aromatic rings. The van der Waals surface area contributed by atoms with Crippen LogP contribution in [0.5, 0.6) is 0 Å². The van der Waals surface area contributed by atoms with Gasteiger partial charge in [-0.25, -0.2) is 0 Å². The second-order valence-electron chi connectivity index (χ2n) is 7.27. The molecule has 1 amide bonds. The number of carbonyl (C=O) groups excluding carboxylic acids is 1. The molecule has 1 saturated heterocycles. The highest BCUT2D eigenvalue weighted by atomic mass is 16.5. The molecular weight excluding hydrogens is 264 g/mol. The normalized spacial score (nSPS) is 28.5. The number of rotatable bonds is 6. The van der Waals surface area contributed by atoms with Crippen LogP contribution in [0.3, 0.4) is 0 Å². The van der Waals surface area contributed by atoms with Gasteiger partial charge in [0.2, 0.25) is 5.91 Å². The van der Waals surface area contributed by atoms with Crippen LogP contribution in [0.2, 0.25) is 0 Å². The molecule has 0 bridgehead atoms. The van der Waals surface area contributed by atoms with Crippen molar-refractivity contribution in [3.05, 3.63) is 0 Å². The number of nitrogens with one attached hydrogen (secondary N) is 1. The van der Waals surface area contributed by atoms with Gasteiger partial charge in [-0.1, -0.05) is 19.3 Å². The molecule has 120 valence electrons. The molecule has 2 aliphatic carbocycles. The first-order chi connectivity index (χ1) is 10.2. The standard InChI is InChI=1S/C17H30N2O2/c1-18-17(8-3-2-4-9-17)11-16(20)19(15-5-6-15)12-14-7-10-21-13-14/h14-15,18H,2-13H2,1H3. The Labute approximate surface area is 128 Å². The number of nitrogens with zero attached hydrogens (tertiary/aromatic N) is 1. The summed E-state index contributed by atoms with van der Waals surface area (Å²) in [7, 11) is 2.03. The van der Waals surface area contributed by atoms with Crippen LogP contribution in [0.15, 0.2) is 0 Å². The number of ether oxygens (including phenoxy) is 1. The van der Waals surface area contributed by atoms with E-state index in [4.69, 9.17) is 4.74 Å². The highest BCUT2D eigenvalue weighted by Gasteiger charge is 2.39. The maximum atomic E-state index is 12.9. The maximum Gasteiger partial charge on any atom is 0.224 e. The van der Waals surface area contributed by atoms with E-state index in [9.17, 15) is 4.79 Å². The minimum atomic E-state index is 0.0641. The quantitative estimate of drug-likeness (QED) is 0.817. The lowest BCUT2D eigenvalue weighted by molar-refractivity contribution is -0.134. The van der Waals surface area contributed by atoms with Crippen LogP contribution in [-0.4, -0.2) is 49.2 Å². The van der Waals surface area contributed by atoms with Crippen molar-refractivity contribution in [1.29, 1.82) is 0 Å². The van der Waals surface area contributed by atoms with Crippen LogP contribution < -0.4 is 5.32 Å². The number of amides is 1. The predicted molar refractivity (Wildman–Crippen MR) is 83.2 cm³/mol. The number of carbonyl (C=O) groups is 1. The van der Waals surface area contributed by atoms with Gasteiger partial charge >= 0.3 is 0 Å². The van der Waals surface area contributed by atoms with Gasteiger partial charge in [-0.15, -0.1) is 0 Å². The van der Waals surface area contributed by atoms with Gasteiger partial charge < -0.3 is 15.0 Å². The maximum absolute atomic E-state index is 12.9. The second kappa shape index (κ2) is 6.66. The Balaban J connectivity index is 1.60. The average molecular weight is 294 g/mol. The fourth-order valence-corrected chi connectivity index (χ4v) is 3.98. The van der Waals surface area contributed by atoms with Crippen LogP contribution in [0.4, 0.5) is 0 Å². The first-order valence-corrected chi connectivity index (χ1v) is 8.78. The van der Waals surface area contributed by atoms with Gasteiger partial charge in [-0.05, 0) is 39.2 Å². The number of hydrogen-bond acceptors (Lipinski definition) is 3. The highest BCUT2D eigenvalue weighted by Crippen LogP contribution is 2.34. The summed E-state index contributed by atoms with van der Waals surface area (Å²) in [4.78, 5) is 15.1. The molecule has 3 aliphatic rings. The monoisotopic (exact) mass is 294 g/mol. The van der Waals surface area contributed by atoms with Gasteiger partial charge in [0, 0.05) is 37.1 Å². The Morgan fingerprint density at radius 3 is 2.57 bits per heavy atom. The minimum absolute atomic E-state index is 0.0641. The SMILES string of the molecule is CNC1(CC(=O)N(CC2CCOC2)C2CC2)CCCCC1. The van der Waals surface area contributed by atoms with E-state index in [0.29, 0.717) is 24.3 Å². The molecule has 1 atom stereocenters. The number of hydrogen-bond donors (Lipinski definition) is 1. The van der Waals surface area contributed by atoms with Crippen molar-refractivity contribution in [2.24, 2.45) is 5.92 Å². The highest BCUT2D eigenvalue weighted by molar-refractivity contribution is 5.78. The molecule has 1 N–H and O–H groups in total. The molecule has 3 fully saturated rings. The Kier molecular flexibility index (Phi) is 4.85. The summed E-state index contributed by atoms with van der Waals surface area (Å²) < 4.78 is 5.48. The minimum Gasteiger partial charge on any atom is -0.381 e. The summed E-state index contributed by atoms with van der Waals surface area (Å²) in [6.07, 6.45) is 10.4. The Morgan fingerprint density at radius 1 is 1.24 bits per heavy atom. The average Bonchev–Trinajstić information content (AvgIpc) is 3.22. The van der Waals surface area contributed by atoms with Crippen LogP contribution in [0.1, 0.15) is 57.8 Å². The zero-order valence-corrected chi connectivity index (χ0v) is 13.4. The molecule has 0 aromatic heterocycles. The van der Waals surface area contributed by atoms with Crippen molar-refractivity contribution in [2.75, 3.05) is 26.8 Å². The zero-order valence-electron chi connectivity index (χ0n) is 13.4. The van der Waals surface area contributed by atoms with Gasteiger partial charge in [0.1, 0.15) is 0 Å². The fraction of sp³-hybridized carbons (Fsp3) is 0.941. The lowest BCUT2D eigenvalue weighted by Gasteiger charge is -2.38. The summed E-state index contributed by atoms with van der Waals surface area (Å²) in [5.74, 6) is 0.937. The van der Waals surface area contributed by atoms with Gasteiger partial charge in [-0.3, -0.25) is 4.79 Å². The first-order valence-electron chi connectivity index (χ1n) is 8.78. The molecule has 0 spiro atoms. The fourth-order valence-electron chi connectivity index (χ4n) is 3.98. The molecule has 21 heavy (non-hydrogen) atoms. The van der Waals surface area contributed by atoms with E-state index in [-0.39, 0.29) is 5.54 Å². The summed E-state index contributed by atoms with van der Waals surface area (Å²) >= 11 is 0. The predicted octanol–water partition coefficient (Wildman–Crippen LogP) is 2.33. The summed E-state index contributed by atoms with van der Waals surface area (Å²) in [6.45, 7) is 2.63. The van der Waals surface area contributed by atoms with E-state index in [1.54, 1.807) is 0 Å². The van der Waals surface area contributed by atoms with Crippen molar-refractivity contribution in [2.45, 2.75) is 69.4 Å². The second-order valence-corrected chi connectivity index (χ2v) is 7.27. The van der Waals surface area contributed by atoms with Gasteiger partial charge in [0.25, 0.3) is 0 Å². The smallest absolute Gasteiger partial charge is 0.224 e. The molecule has 0 aromatic carbocycles. The summed E-state index contributed by atoms with van der Waals surface area (Å²) in [5, 5.41) is 3.48.